The number of furan rings is 1. The van der Waals surface area contributed by atoms with Crippen molar-refractivity contribution in [1.82, 2.24) is 15.6 Å². The normalized spacial score (nSPS) is 11.4. The molecule has 0 bridgehead atoms. The number of guanidine groups is 1. The average molecular weight is 318 g/mol. The summed E-state index contributed by atoms with van der Waals surface area (Å²) in [5.74, 6) is 2.83. The van der Waals surface area contributed by atoms with Gasteiger partial charge in [-0.05, 0) is 30.5 Å². The van der Waals surface area contributed by atoms with Gasteiger partial charge in [0.15, 0.2) is 5.96 Å². The summed E-state index contributed by atoms with van der Waals surface area (Å²) in [6.07, 6.45) is 6.41. The molecule has 0 spiro atoms. The van der Waals surface area contributed by atoms with E-state index < -0.39 is 0 Å². The van der Waals surface area contributed by atoms with Crippen LogP contribution in [0.25, 0.3) is 0 Å². The predicted molar refractivity (Wildman–Crippen MR) is 92.2 cm³/mol. The smallest absolute Gasteiger partial charge is 0.191 e. The molecule has 2 aromatic heterocycles. The molecule has 2 rings (SSSR count). The number of hydrogen-bond acceptors (Lipinski definition) is 4. The van der Waals surface area contributed by atoms with Gasteiger partial charge in [-0.25, -0.2) is 4.99 Å². The topological polar surface area (TPSA) is 62.5 Å². The van der Waals surface area contributed by atoms with Crippen molar-refractivity contribution in [2.75, 3.05) is 25.1 Å². The molecule has 0 saturated carbocycles. The Morgan fingerprint density at radius 2 is 2.14 bits per heavy atom. The third-order valence-corrected chi connectivity index (χ3v) is 3.58. The Hall–Kier alpha value is -1.95. The summed E-state index contributed by atoms with van der Waals surface area (Å²) in [4.78, 5) is 8.86. The maximum atomic E-state index is 5.33. The monoisotopic (exact) mass is 318 g/mol. The van der Waals surface area contributed by atoms with E-state index in [1.165, 1.54) is 0 Å². The van der Waals surface area contributed by atoms with Gasteiger partial charge in [0.05, 0.1) is 18.5 Å². The van der Waals surface area contributed by atoms with Gasteiger partial charge in [0, 0.05) is 31.5 Å². The van der Waals surface area contributed by atoms with Crippen molar-refractivity contribution >= 4 is 17.7 Å². The lowest BCUT2D eigenvalue weighted by atomic mass is 10.3. The highest BCUT2D eigenvalue weighted by atomic mass is 32.2. The zero-order valence-electron chi connectivity index (χ0n) is 12.8. The standard InChI is InChI=1S/C16H22N4OS/c1-22-12-10-19-16(18-9-7-15-6-4-11-21-15)20-13-14-5-2-3-8-17-14/h2-6,8,11H,7,9-10,12-13H2,1H3,(H2,18,19,20). The molecule has 0 amide bonds. The van der Waals surface area contributed by atoms with E-state index in [0.717, 1.165) is 42.7 Å². The molecule has 22 heavy (non-hydrogen) atoms. The Morgan fingerprint density at radius 1 is 1.23 bits per heavy atom. The summed E-state index contributed by atoms with van der Waals surface area (Å²) >= 11 is 1.81. The van der Waals surface area contributed by atoms with Crippen LogP contribution in [-0.4, -0.2) is 36.0 Å². The third-order valence-electron chi connectivity index (χ3n) is 2.97. The number of nitrogens with zero attached hydrogens (tertiary/aromatic N) is 2. The van der Waals surface area contributed by atoms with E-state index in [1.54, 1.807) is 12.5 Å². The lowest BCUT2D eigenvalue weighted by Gasteiger charge is -2.11. The minimum atomic E-state index is 0.566. The molecule has 2 aromatic rings. The van der Waals surface area contributed by atoms with Crippen LogP contribution in [0.2, 0.25) is 0 Å². The fourth-order valence-electron chi connectivity index (χ4n) is 1.86. The summed E-state index contributed by atoms with van der Waals surface area (Å²) in [6, 6.07) is 9.75. The minimum absolute atomic E-state index is 0.566. The first-order valence-electron chi connectivity index (χ1n) is 7.32. The second-order valence-electron chi connectivity index (χ2n) is 4.66. The highest BCUT2D eigenvalue weighted by Gasteiger charge is 2.00. The van der Waals surface area contributed by atoms with Gasteiger partial charge in [0.1, 0.15) is 5.76 Å². The summed E-state index contributed by atoms with van der Waals surface area (Å²) in [5.41, 5.74) is 0.958. The molecule has 6 heteroatoms. The molecule has 0 aliphatic carbocycles. The molecule has 5 nitrogen and oxygen atoms in total. The van der Waals surface area contributed by atoms with E-state index in [1.807, 2.05) is 42.1 Å². The molecule has 0 aromatic carbocycles. The molecule has 0 saturated heterocycles. The highest BCUT2D eigenvalue weighted by Crippen LogP contribution is 2.00. The van der Waals surface area contributed by atoms with E-state index in [-0.39, 0.29) is 0 Å². The quantitative estimate of drug-likeness (QED) is 0.444. The molecule has 0 unspecified atom stereocenters. The number of nitrogens with one attached hydrogen (secondary N) is 2. The first kappa shape index (κ1) is 16.4. The maximum Gasteiger partial charge on any atom is 0.191 e. The van der Waals surface area contributed by atoms with Crippen molar-refractivity contribution in [2.45, 2.75) is 13.0 Å². The third kappa shape index (κ3) is 6.22. The Labute approximate surface area is 135 Å². The van der Waals surface area contributed by atoms with Crippen LogP contribution in [0.15, 0.2) is 52.2 Å². The number of aromatic nitrogens is 1. The molecule has 0 radical (unpaired) electrons. The predicted octanol–water partition coefficient (Wildman–Crippen LogP) is 2.32. The molecule has 2 N–H and O–H groups in total. The van der Waals surface area contributed by atoms with E-state index in [2.05, 4.69) is 26.9 Å². The summed E-state index contributed by atoms with van der Waals surface area (Å²) in [6.45, 7) is 2.23. The van der Waals surface area contributed by atoms with Gasteiger partial charge in [-0.15, -0.1) is 0 Å². The lowest BCUT2D eigenvalue weighted by molar-refractivity contribution is 0.507. The maximum absolute atomic E-state index is 5.33. The van der Waals surface area contributed by atoms with Crippen LogP contribution in [0.4, 0.5) is 0 Å². The number of hydrogen-bond donors (Lipinski definition) is 2. The van der Waals surface area contributed by atoms with Crippen LogP contribution in [-0.2, 0) is 13.0 Å². The second-order valence-corrected chi connectivity index (χ2v) is 5.65. The van der Waals surface area contributed by atoms with E-state index in [4.69, 9.17) is 4.42 Å². The molecule has 0 fully saturated rings. The van der Waals surface area contributed by atoms with Crippen LogP contribution in [0.5, 0.6) is 0 Å². The Kier molecular flexibility index (Phi) is 7.38. The number of aliphatic imine (C=N–C) groups is 1. The molecule has 118 valence electrons. The van der Waals surface area contributed by atoms with Gasteiger partial charge in [-0.2, -0.15) is 11.8 Å². The van der Waals surface area contributed by atoms with Crippen molar-refractivity contribution in [3.8, 4) is 0 Å². The summed E-state index contributed by atoms with van der Waals surface area (Å²) in [5, 5.41) is 6.66. The molecular weight excluding hydrogens is 296 g/mol. The van der Waals surface area contributed by atoms with Crippen LogP contribution >= 0.6 is 11.8 Å². The molecular formula is C16H22N4OS. The first-order chi connectivity index (χ1) is 10.9. The van der Waals surface area contributed by atoms with Gasteiger partial charge in [0.2, 0.25) is 0 Å². The Bertz CT molecular complexity index is 543. The van der Waals surface area contributed by atoms with Crippen LogP contribution < -0.4 is 10.6 Å². The second kappa shape index (κ2) is 9.89. The Balaban J connectivity index is 1.83. The van der Waals surface area contributed by atoms with Crippen molar-refractivity contribution in [3.05, 3.63) is 54.2 Å². The molecule has 0 aliphatic heterocycles. The average Bonchev–Trinajstić information content (AvgIpc) is 3.06. The molecule has 0 atom stereocenters. The number of rotatable bonds is 8. The van der Waals surface area contributed by atoms with E-state index in [9.17, 15) is 0 Å². The van der Waals surface area contributed by atoms with Gasteiger partial charge in [-0.1, -0.05) is 6.07 Å². The van der Waals surface area contributed by atoms with Crippen molar-refractivity contribution in [3.63, 3.8) is 0 Å². The first-order valence-corrected chi connectivity index (χ1v) is 8.71. The zero-order chi connectivity index (χ0) is 15.5. The van der Waals surface area contributed by atoms with Crippen LogP contribution in [0.3, 0.4) is 0 Å². The summed E-state index contributed by atoms with van der Waals surface area (Å²) in [7, 11) is 0. The summed E-state index contributed by atoms with van der Waals surface area (Å²) < 4.78 is 5.33. The highest BCUT2D eigenvalue weighted by molar-refractivity contribution is 7.98. The number of thioether (sulfide) groups is 1. The van der Waals surface area contributed by atoms with Crippen LogP contribution in [0.1, 0.15) is 11.5 Å². The molecule has 2 heterocycles. The lowest BCUT2D eigenvalue weighted by Crippen LogP contribution is -2.39. The SMILES string of the molecule is CSCCNC(=NCc1ccccn1)NCCc1ccco1. The fraction of sp³-hybridized carbons (Fsp3) is 0.375. The van der Waals surface area contributed by atoms with Crippen LogP contribution in [0, 0.1) is 0 Å². The van der Waals surface area contributed by atoms with Gasteiger partial charge >= 0.3 is 0 Å². The largest absolute Gasteiger partial charge is 0.469 e. The van der Waals surface area contributed by atoms with Crippen molar-refractivity contribution in [2.24, 2.45) is 4.99 Å². The minimum Gasteiger partial charge on any atom is -0.469 e. The fourth-order valence-corrected chi connectivity index (χ4v) is 2.16. The number of pyridine rings is 1. The molecule has 0 aliphatic rings. The van der Waals surface area contributed by atoms with Crippen molar-refractivity contribution < 1.29 is 4.42 Å². The Morgan fingerprint density at radius 3 is 2.86 bits per heavy atom. The zero-order valence-corrected chi connectivity index (χ0v) is 13.6. The van der Waals surface area contributed by atoms with E-state index in [0.29, 0.717) is 6.54 Å². The van der Waals surface area contributed by atoms with Gasteiger partial charge in [0.25, 0.3) is 0 Å². The van der Waals surface area contributed by atoms with Gasteiger partial charge in [-0.3, -0.25) is 4.98 Å². The van der Waals surface area contributed by atoms with Crippen molar-refractivity contribution in [1.29, 1.82) is 0 Å². The van der Waals surface area contributed by atoms with E-state index >= 15 is 0 Å². The van der Waals surface area contributed by atoms with Gasteiger partial charge < -0.3 is 15.1 Å².